The van der Waals surface area contributed by atoms with E-state index in [1.165, 1.54) is 0 Å². The van der Waals surface area contributed by atoms with Gasteiger partial charge < -0.3 is 17.7 Å². The van der Waals surface area contributed by atoms with Gasteiger partial charge in [-0.25, -0.2) is 0 Å². The molecule has 8 heteroatoms. The van der Waals surface area contributed by atoms with E-state index in [0.717, 1.165) is 30.4 Å². The molecule has 188 valence electrons. The van der Waals surface area contributed by atoms with Crippen molar-refractivity contribution in [3.63, 3.8) is 0 Å². The van der Waals surface area contributed by atoms with Gasteiger partial charge in [-0.1, -0.05) is 6.92 Å². The lowest BCUT2D eigenvalue weighted by molar-refractivity contribution is 0.103. The molecule has 2 rings (SSSR count). The zero-order chi connectivity index (χ0) is 25.4. The monoisotopic (exact) mass is 518 g/mol. The second-order valence-corrected chi connectivity index (χ2v) is 23.6. The van der Waals surface area contributed by atoms with E-state index < -0.39 is 25.2 Å². The van der Waals surface area contributed by atoms with E-state index in [9.17, 15) is 4.79 Å². The molecule has 0 N–H and O–H groups in total. The molecule has 0 radical (unpaired) electrons. The molecule has 0 saturated heterocycles. The van der Waals surface area contributed by atoms with E-state index in [0.29, 0.717) is 24.3 Å². The van der Waals surface area contributed by atoms with Crippen LogP contribution >= 0.6 is 0 Å². The lowest BCUT2D eigenvalue weighted by Crippen LogP contribution is -2.52. The standard InChI is InChI=1S/C26H42O5Si3/c1-9-19-28-24-15-11-22(12-16-24)26(27)23-13-17-25(18-14-23)29-20-10-21-34(8,30-32(2,3)4)31-33(5,6)7/h11-18H,9-10,19-21H2,1-8H3. The lowest BCUT2D eigenvalue weighted by Gasteiger charge is -2.38. The molecule has 0 atom stereocenters. The number of ketones is 1. The predicted octanol–water partition coefficient (Wildman–Crippen LogP) is 7.25. The summed E-state index contributed by atoms with van der Waals surface area (Å²) in [6, 6.07) is 15.6. The minimum atomic E-state index is -2.24. The van der Waals surface area contributed by atoms with Gasteiger partial charge in [0.1, 0.15) is 11.5 Å². The molecule has 0 heterocycles. The van der Waals surface area contributed by atoms with Gasteiger partial charge in [-0.15, -0.1) is 0 Å². The van der Waals surface area contributed by atoms with Crippen molar-refractivity contribution >= 4 is 31.0 Å². The highest BCUT2D eigenvalue weighted by atomic mass is 28.5. The zero-order valence-corrected chi connectivity index (χ0v) is 25.2. The summed E-state index contributed by atoms with van der Waals surface area (Å²) in [6.07, 6.45) is 1.83. The number of carbonyl (C=O) groups is 1. The van der Waals surface area contributed by atoms with Gasteiger partial charge in [0.2, 0.25) is 0 Å². The van der Waals surface area contributed by atoms with Gasteiger partial charge in [0, 0.05) is 11.1 Å². The molecular weight excluding hydrogens is 477 g/mol. The highest BCUT2D eigenvalue weighted by Gasteiger charge is 2.39. The second kappa shape index (κ2) is 12.3. The molecule has 2 aromatic rings. The molecule has 0 aliphatic heterocycles. The maximum atomic E-state index is 12.8. The van der Waals surface area contributed by atoms with Gasteiger partial charge in [-0.2, -0.15) is 0 Å². The van der Waals surface area contributed by atoms with Gasteiger partial charge in [0.15, 0.2) is 22.4 Å². The van der Waals surface area contributed by atoms with Crippen LogP contribution in [0.3, 0.4) is 0 Å². The third-order valence-electron chi connectivity index (χ3n) is 4.79. The van der Waals surface area contributed by atoms with Crippen LogP contribution < -0.4 is 9.47 Å². The van der Waals surface area contributed by atoms with Crippen molar-refractivity contribution in [3.05, 3.63) is 59.7 Å². The summed E-state index contributed by atoms with van der Waals surface area (Å²) < 4.78 is 24.7. The first-order chi connectivity index (χ1) is 15.8. The summed E-state index contributed by atoms with van der Waals surface area (Å²) in [5, 5.41) is 0. The first-order valence-electron chi connectivity index (χ1n) is 12.2. The molecule has 34 heavy (non-hydrogen) atoms. The topological polar surface area (TPSA) is 54.0 Å². The quantitative estimate of drug-likeness (QED) is 0.150. The molecule has 0 fully saturated rings. The van der Waals surface area contributed by atoms with Crippen LogP contribution in [0.1, 0.15) is 35.7 Å². The first kappa shape index (κ1) is 28.5. The SMILES string of the molecule is CCCOc1ccc(C(=O)c2ccc(OCCC[Si](C)(O[Si](C)(C)C)O[Si](C)(C)C)cc2)cc1. The van der Waals surface area contributed by atoms with Crippen molar-refractivity contribution in [3.8, 4) is 11.5 Å². The van der Waals surface area contributed by atoms with Crippen molar-refractivity contribution in [2.45, 2.75) is 71.6 Å². The average Bonchev–Trinajstić information content (AvgIpc) is 2.73. The van der Waals surface area contributed by atoms with E-state index in [-0.39, 0.29) is 5.78 Å². The van der Waals surface area contributed by atoms with Crippen LogP contribution in [0.15, 0.2) is 48.5 Å². The predicted molar refractivity (Wildman–Crippen MR) is 148 cm³/mol. The Morgan fingerprint density at radius 3 is 1.47 bits per heavy atom. The fourth-order valence-electron chi connectivity index (χ4n) is 3.79. The highest BCUT2D eigenvalue weighted by Crippen LogP contribution is 2.26. The minimum absolute atomic E-state index is 0.0117. The summed E-state index contributed by atoms with van der Waals surface area (Å²) in [5.41, 5.74) is 1.29. The number of benzene rings is 2. The van der Waals surface area contributed by atoms with E-state index in [1.807, 2.05) is 48.5 Å². The summed E-state index contributed by atoms with van der Waals surface area (Å²) in [5.74, 6) is 1.54. The van der Waals surface area contributed by atoms with Crippen LogP contribution in [-0.2, 0) is 8.23 Å². The maximum Gasteiger partial charge on any atom is 0.314 e. The molecule has 0 aliphatic rings. The fraction of sp³-hybridized carbons (Fsp3) is 0.500. The highest BCUT2D eigenvalue weighted by molar-refractivity contribution is 6.87. The largest absolute Gasteiger partial charge is 0.494 e. The Morgan fingerprint density at radius 2 is 1.09 bits per heavy atom. The molecule has 0 aromatic heterocycles. The smallest absolute Gasteiger partial charge is 0.314 e. The van der Waals surface area contributed by atoms with Crippen molar-refractivity contribution in [2.75, 3.05) is 13.2 Å². The number of hydrogen-bond donors (Lipinski definition) is 0. The molecular formula is C26H42O5Si3. The van der Waals surface area contributed by atoms with E-state index in [2.05, 4.69) is 52.8 Å². The Morgan fingerprint density at radius 1 is 0.676 bits per heavy atom. The summed E-state index contributed by atoms with van der Waals surface area (Å²) in [4.78, 5) is 12.8. The third-order valence-corrected chi connectivity index (χ3v) is 14.4. The first-order valence-corrected chi connectivity index (χ1v) is 21.5. The van der Waals surface area contributed by atoms with Gasteiger partial charge in [-0.05, 0) is 113 Å². The van der Waals surface area contributed by atoms with Crippen molar-refractivity contribution in [2.24, 2.45) is 0 Å². The normalized spacial score (nSPS) is 12.5. The van der Waals surface area contributed by atoms with Gasteiger partial charge in [0.25, 0.3) is 0 Å². The maximum absolute atomic E-state index is 12.8. The van der Waals surface area contributed by atoms with Crippen molar-refractivity contribution in [1.29, 1.82) is 0 Å². The summed E-state index contributed by atoms with van der Waals surface area (Å²) in [6.45, 7) is 18.9. The Labute approximate surface area is 209 Å². The van der Waals surface area contributed by atoms with Crippen LogP contribution in [0.4, 0.5) is 0 Å². The number of rotatable bonds is 14. The molecule has 0 unspecified atom stereocenters. The van der Waals surface area contributed by atoms with Crippen LogP contribution in [0.25, 0.3) is 0 Å². The van der Waals surface area contributed by atoms with E-state index in [4.69, 9.17) is 17.7 Å². The zero-order valence-electron chi connectivity index (χ0n) is 22.2. The molecule has 5 nitrogen and oxygen atoms in total. The molecule has 0 spiro atoms. The molecule has 2 aromatic carbocycles. The van der Waals surface area contributed by atoms with Crippen LogP contribution in [0.5, 0.6) is 11.5 Å². The number of hydrogen-bond acceptors (Lipinski definition) is 5. The Hall–Kier alpha value is -1.72. The summed E-state index contributed by atoms with van der Waals surface area (Å²) >= 11 is 0. The molecule has 0 aliphatic carbocycles. The van der Waals surface area contributed by atoms with Crippen molar-refractivity contribution < 1.29 is 22.5 Å². The van der Waals surface area contributed by atoms with Gasteiger partial charge in [-0.3, -0.25) is 4.79 Å². The van der Waals surface area contributed by atoms with Gasteiger partial charge in [0.05, 0.1) is 13.2 Å². The van der Waals surface area contributed by atoms with Crippen molar-refractivity contribution in [1.82, 2.24) is 0 Å². The van der Waals surface area contributed by atoms with Crippen LogP contribution in [0.2, 0.25) is 51.9 Å². The Bertz CT molecular complexity index is 884. The summed E-state index contributed by atoms with van der Waals surface area (Å²) in [7, 11) is -5.63. The van der Waals surface area contributed by atoms with E-state index >= 15 is 0 Å². The fourth-order valence-corrected chi connectivity index (χ4v) is 16.3. The molecule has 0 saturated carbocycles. The Kier molecular flexibility index (Phi) is 10.3. The minimum Gasteiger partial charge on any atom is -0.494 e. The molecule has 0 amide bonds. The number of carbonyl (C=O) groups excluding carboxylic acids is 1. The third kappa shape index (κ3) is 10.3. The molecule has 0 bridgehead atoms. The van der Waals surface area contributed by atoms with Crippen LogP contribution in [-0.4, -0.2) is 44.2 Å². The second-order valence-electron chi connectivity index (χ2n) is 10.7. The lowest BCUT2D eigenvalue weighted by atomic mass is 10.0. The van der Waals surface area contributed by atoms with E-state index in [1.54, 1.807) is 0 Å². The van der Waals surface area contributed by atoms with Crippen LogP contribution in [0, 0.1) is 0 Å². The van der Waals surface area contributed by atoms with Gasteiger partial charge >= 0.3 is 8.56 Å². The number of ether oxygens (including phenoxy) is 2. The Balaban J connectivity index is 1.90. The average molecular weight is 519 g/mol.